The Morgan fingerprint density at radius 1 is 1.26 bits per heavy atom. The summed E-state index contributed by atoms with van der Waals surface area (Å²) in [5, 5.41) is 7.30. The summed E-state index contributed by atoms with van der Waals surface area (Å²) < 4.78 is 2.85. The van der Waals surface area contributed by atoms with Crippen LogP contribution in [0.15, 0.2) is 30.3 Å². The van der Waals surface area contributed by atoms with Gasteiger partial charge in [0.15, 0.2) is 10.6 Å². The van der Waals surface area contributed by atoms with Crippen LogP contribution in [0.25, 0.3) is 11.4 Å². The van der Waals surface area contributed by atoms with E-state index in [1.54, 1.807) is 0 Å². The van der Waals surface area contributed by atoms with Gasteiger partial charge in [0.1, 0.15) is 0 Å². The average Bonchev–Trinajstić information content (AvgIpc) is 2.82. The standard InChI is InChI=1S/C15H21N3S/c1-3-4-6-9-12(2)18-14(16-17-15(18)19)13-10-7-5-8-11-13/h5,7-8,10-12H,3-4,6,9H2,1-2H3,(H,17,19). The molecule has 1 atom stereocenters. The third-order valence-corrected chi connectivity index (χ3v) is 3.69. The van der Waals surface area contributed by atoms with Gasteiger partial charge in [-0.05, 0) is 25.6 Å². The molecule has 19 heavy (non-hydrogen) atoms. The van der Waals surface area contributed by atoms with Crippen molar-refractivity contribution in [2.45, 2.75) is 45.6 Å². The van der Waals surface area contributed by atoms with Crippen molar-refractivity contribution < 1.29 is 0 Å². The molecule has 0 saturated carbocycles. The van der Waals surface area contributed by atoms with E-state index in [0.717, 1.165) is 17.8 Å². The van der Waals surface area contributed by atoms with Crippen molar-refractivity contribution in [3.63, 3.8) is 0 Å². The van der Waals surface area contributed by atoms with Gasteiger partial charge in [-0.1, -0.05) is 56.5 Å². The Labute approximate surface area is 119 Å². The molecular weight excluding hydrogens is 254 g/mol. The number of aromatic amines is 1. The summed E-state index contributed by atoms with van der Waals surface area (Å²) in [6, 6.07) is 10.6. The van der Waals surface area contributed by atoms with Crippen LogP contribution in [0.5, 0.6) is 0 Å². The number of hydrogen-bond donors (Lipinski definition) is 1. The number of hydrogen-bond acceptors (Lipinski definition) is 2. The first-order valence-corrected chi connectivity index (χ1v) is 7.37. The maximum absolute atomic E-state index is 5.37. The SMILES string of the molecule is CCCCCC(C)n1c(-c2ccccc2)n[nH]c1=S. The molecule has 1 aromatic carbocycles. The Morgan fingerprint density at radius 3 is 2.68 bits per heavy atom. The monoisotopic (exact) mass is 275 g/mol. The van der Waals surface area contributed by atoms with E-state index in [4.69, 9.17) is 12.2 Å². The Balaban J connectivity index is 2.25. The number of unbranched alkanes of at least 4 members (excludes halogenated alkanes) is 2. The van der Waals surface area contributed by atoms with E-state index in [-0.39, 0.29) is 0 Å². The fourth-order valence-electron chi connectivity index (χ4n) is 2.32. The minimum atomic E-state index is 0.382. The van der Waals surface area contributed by atoms with E-state index in [0.29, 0.717) is 10.8 Å². The van der Waals surface area contributed by atoms with Crippen LogP contribution >= 0.6 is 12.2 Å². The van der Waals surface area contributed by atoms with Gasteiger partial charge in [-0.25, -0.2) is 0 Å². The van der Waals surface area contributed by atoms with Crippen molar-refractivity contribution in [1.82, 2.24) is 14.8 Å². The summed E-state index contributed by atoms with van der Waals surface area (Å²) in [5.74, 6) is 0.939. The van der Waals surface area contributed by atoms with Crippen molar-refractivity contribution >= 4 is 12.2 Å². The Kier molecular flexibility index (Phi) is 4.91. The van der Waals surface area contributed by atoms with Crippen LogP contribution in [0, 0.1) is 4.77 Å². The fraction of sp³-hybridized carbons (Fsp3) is 0.467. The highest BCUT2D eigenvalue weighted by Crippen LogP contribution is 2.23. The number of aromatic nitrogens is 3. The zero-order chi connectivity index (χ0) is 13.7. The molecule has 0 radical (unpaired) electrons. The maximum Gasteiger partial charge on any atom is 0.195 e. The van der Waals surface area contributed by atoms with Crippen LogP contribution in [0.1, 0.15) is 45.6 Å². The lowest BCUT2D eigenvalue weighted by Crippen LogP contribution is -2.07. The number of nitrogens with zero attached hydrogens (tertiary/aromatic N) is 2. The first kappa shape index (κ1) is 14.0. The maximum atomic E-state index is 5.37. The second kappa shape index (κ2) is 6.66. The Morgan fingerprint density at radius 2 is 2.00 bits per heavy atom. The van der Waals surface area contributed by atoms with Gasteiger partial charge >= 0.3 is 0 Å². The van der Waals surface area contributed by atoms with E-state index in [2.05, 4.69) is 40.7 Å². The highest BCUT2D eigenvalue weighted by Gasteiger charge is 2.13. The predicted molar refractivity (Wildman–Crippen MR) is 81.7 cm³/mol. The number of benzene rings is 1. The third-order valence-electron chi connectivity index (χ3n) is 3.40. The molecule has 0 aliphatic heterocycles. The smallest absolute Gasteiger partial charge is 0.195 e. The molecule has 1 unspecified atom stereocenters. The van der Waals surface area contributed by atoms with E-state index >= 15 is 0 Å². The van der Waals surface area contributed by atoms with E-state index in [1.807, 2.05) is 18.2 Å². The van der Waals surface area contributed by atoms with Crippen LogP contribution in [0.2, 0.25) is 0 Å². The molecule has 0 spiro atoms. The predicted octanol–water partition coefficient (Wildman–Crippen LogP) is 4.75. The molecule has 1 heterocycles. The van der Waals surface area contributed by atoms with Crippen molar-refractivity contribution in [3.05, 3.63) is 35.1 Å². The van der Waals surface area contributed by atoms with Crippen molar-refractivity contribution in [2.75, 3.05) is 0 Å². The summed E-state index contributed by atoms with van der Waals surface area (Å²) >= 11 is 5.37. The summed E-state index contributed by atoms with van der Waals surface area (Å²) in [7, 11) is 0. The molecule has 0 saturated heterocycles. The fourth-order valence-corrected chi connectivity index (χ4v) is 2.64. The van der Waals surface area contributed by atoms with Crippen LogP contribution in [0.4, 0.5) is 0 Å². The number of H-pyrrole nitrogens is 1. The molecule has 2 rings (SSSR count). The quantitative estimate of drug-likeness (QED) is 0.609. The van der Waals surface area contributed by atoms with E-state index in [1.165, 1.54) is 19.3 Å². The molecule has 3 nitrogen and oxygen atoms in total. The van der Waals surface area contributed by atoms with Gasteiger partial charge in [0.05, 0.1) is 0 Å². The minimum absolute atomic E-state index is 0.382. The topological polar surface area (TPSA) is 33.6 Å². The molecule has 1 N–H and O–H groups in total. The number of rotatable bonds is 6. The third kappa shape index (κ3) is 3.32. The first-order chi connectivity index (χ1) is 9.24. The zero-order valence-corrected chi connectivity index (χ0v) is 12.4. The van der Waals surface area contributed by atoms with Crippen LogP contribution < -0.4 is 0 Å². The lowest BCUT2D eigenvalue weighted by atomic mass is 10.1. The second-order valence-corrected chi connectivity index (χ2v) is 5.32. The van der Waals surface area contributed by atoms with Gasteiger partial charge < -0.3 is 0 Å². The van der Waals surface area contributed by atoms with Gasteiger partial charge in [-0.3, -0.25) is 9.67 Å². The van der Waals surface area contributed by atoms with Crippen molar-refractivity contribution in [2.24, 2.45) is 0 Å². The highest BCUT2D eigenvalue weighted by molar-refractivity contribution is 7.71. The normalized spacial score (nSPS) is 12.5. The molecule has 0 fully saturated rings. The second-order valence-electron chi connectivity index (χ2n) is 4.93. The zero-order valence-electron chi connectivity index (χ0n) is 11.6. The molecule has 0 aliphatic rings. The molecule has 102 valence electrons. The molecule has 1 aromatic heterocycles. The molecule has 0 amide bonds. The number of nitrogens with one attached hydrogen (secondary N) is 1. The Hall–Kier alpha value is -1.42. The van der Waals surface area contributed by atoms with Gasteiger partial charge in [0.2, 0.25) is 0 Å². The largest absolute Gasteiger partial charge is 0.297 e. The Bertz CT molecular complexity index is 556. The molecule has 4 heteroatoms. The van der Waals surface area contributed by atoms with E-state index < -0.39 is 0 Å². The van der Waals surface area contributed by atoms with Crippen LogP contribution in [-0.2, 0) is 0 Å². The summed E-state index contributed by atoms with van der Waals surface area (Å²) in [6.07, 6.45) is 4.89. The van der Waals surface area contributed by atoms with Gasteiger partial charge in [0, 0.05) is 11.6 Å². The molecule has 2 aromatic rings. The first-order valence-electron chi connectivity index (χ1n) is 6.96. The van der Waals surface area contributed by atoms with Crippen molar-refractivity contribution in [3.8, 4) is 11.4 Å². The summed E-state index contributed by atoms with van der Waals surface area (Å²) in [4.78, 5) is 0. The van der Waals surface area contributed by atoms with Crippen LogP contribution in [0.3, 0.4) is 0 Å². The highest BCUT2D eigenvalue weighted by atomic mass is 32.1. The van der Waals surface area contributed by atoms with Gasteiger partial charge in [-0.2, -0.15) is 5.10 Å². The van der Waals surface area contributed by atoms with E-state index in [9.17, 15) is 0 Å². The molecule has 0 aliphatic carbocycles. The molecule has 0 bridgehead atoms. The van der Waals surface area contributed by atoms with Crippen molar-refractivity contribution in [1.29, 1.82) is 0 Å². The minimum Gasteiger partial charge on any atom is -0.297 e. The summed E-state index contributed by atoms with van der Waals surface area (Å²) in [6.45, 7) is 4.44. The lowest BCUT2D eigenvalue weighted by Gasteiger charge is -2.15. The van der Waals surface area contributed by atoms with Crippen LogP contribution in [-0.4, -0.2) is 14.8 Å². The van der Waals surface area contributed by atoms with Gasteiger partial charge in [0.25, 0.3) is 0 Å². The van der Waals surface area contributed by atoms with Gasteiger partial charge in [-0.15, -0.1) is 0 Å². The summed E-state index contributed by atoms with van der Waals surface area (Å²) in [5.41, 5.74) is 1.11. The molecular formula is C15H21N3S. The average molecular weight is 275 g/mol. The lowest BCUT2D eigenvalue weighted by molar-refractivity contribution is 0.476.